The van der Waals surface area contributed by atoms with Gasteiger partial charge in [0.1, 0.15) is 5.69 Å². The average molecular weight is 441 g/mol. The fourth-order valence-corrected chi connectivity index (χ4v) is 5.02. The van der Waals surface area contributed by atoms with Crippen LogP contribution in [0, 0.1) is 0 Å². The summed E-state index contributed by atoms with van der Waals surface area (Å²) in [6, 6.07) is 27.0. The van der Waals surface area contributed by atoms with Gasteiger partial charge in [-0.25, -0.2) is 0 Å². The van der Waals surface area contributed by atoms with E-state index in [-0.39, 0.29) is 0 Å². The second-order valence-electron chi connectivity index (χ2n) is 8.39. The lowest BCUT2D eigenvalue weighted by Gasteiger charge is -2.38. The highest BCUT2D eigenvalue weighted by Gasteiger charge is 2.36. The molecule has 2 aliphatic rings. The molecule has 0 unspecified atom stereocenters. The summed E-state index contributed by atoms with van der Waals surface area (Å²) in [5, 5.41) is 2.13. The van der Waals surface area contributed by atoms with Crippen LogP contribution >= 0.6 is 0 Å². The summed E-state index contributed by atoms with van der Waals surface area (Å²) in [6.07, 6.45) is 3.53. The van der Waals surface area contributed by atoms with Gasteiger partial charge in [0.15, 0.2) is 23.0 Å². The number of H-pyrrole nitrogens is 1. The molecule has 0 saturated carbocycles. The molecule has 3 heterocycles. The van der Waals surface area contributed by atoms with Crippen molar-refractivity contribution in [1.29, 1.82) is 0 Å². The highest BCUT2D eigenvalue weighted by molar-refractivity contribution is 6.15. The summed E-state index contributed by atoms with van der Waals surface area (Å²) in [7, 11) is 0. The van der Waals surface area contributed by atoms with Crippen LogP contribution in [0.2, 0.25) is 0 Å². The van der Waals surface area contributed by atoms with Crippen molar-refractivity contribution < 1.29 is 9.47 Å². The average Bonchev–Trinajstić information content (AvgIpc) is 3.26. The fraction of sp³-hybridized carbons (Fsp3) is 0. The summed E-state index contributed by atoms with van der Waals surface area (Å²) in [5.74, 6) is 2.93. The van der Waals surface area contributed by atoms with Gasteiger partial charge < -0.3 is 14.5 Å². The Morgan fingerprint density at radius 3 is 2.38 bits per heavy atom. The first kappa shape index (κ1) is 18.8. The van der Waals surface area contributed by atoms with Gasteiger partial charge in [-0.15, -0.1) is 0 Å². The number of rotatable bonds is 3. The van der Waals surface area contributed by atoms with E-state index in [1.807, 2.05) is 36.4 Å². The van der Waals surface area contributed by atoms with Gasteiger partial charge in [-0.3, -0.25) is 4.90 Å². The minimum absolute atomic E-state index is 0.659. The van der Waals surface area contributed by atoms with Crippen LogP contribution in [0.5, 0.6) is 17.2 Å². The van der Waals surface area contributed by atoms with Crippen molar-refractivity contribution in [2.24, 2.45) is 0 Å². The number of anilines is 2. The van der Waals surface area contributed by atoms with E-state index in [0.29, 0.717) is 11.5 Å². The first-order valence-electron chi connectivity index (χ1n) is 11.2. The largest absolute Gasteiger partial charge is 0.453 e. The highest BCUT2D eigenvalue weighted by atomic mass is 16.5. The van der Waals surface area contributed by atoms with Crippen molar-refractivity contribution in [3.05, 3.63) is 116 Å². The van der Waals surface area contributed by atoms with Crippen LogP contribution in [0.4, 0.5) is 11.4 Å². The van der Waals surface area contributed by atoms with Gasteiger partial charge in [0.25, 0.3) is 0 Å². The van der Waals surface area contributed by atoms with E-state index in [0.717, 1.165) is 55.9 Å². The molecule has 7 rings (SSSR count). The normalized spacial score (nSPS) is 13.8. The second kappa shape index (κ2) is 6.90. The lowest BCUT2D eigenvalue weighted by Crippen LogP contribution is -2.26. The maximum absolute atomic E-state index is 6.59. The Hall–Kier alpha value is -4.70. The molecule has 0 saturated heterocycles. The molecule has 4 nitrogen and oxygen atoms in total. The molecule has 0 amide bonds. The van der Waals surface area contributed by atoms with Crippen molar-refractivity contribution in [3.8, 4) is 28.4 Å². The predicted molar refractivity (Wildman–Crippen MR) is 138 cm³/mol. The number of allylic oxidation sites excluding steroid dienone is 2. The molecule has 1 N–H and O–H groups in total. The third-order valence-electron chi connectivity index (χ3n) is 6.52. The number of nitrogens with zero attached hydrogens (tertiary/aromatic N) is 1. The molecule has 0 bridgehead atoms. The van der Waals surface area contributed by atoms with Crippen molar-refractivity contribution >= 4 is 33.2 Å². The third-order valence-corrected chi connectivity index (χ3v) is 6.52. The SMILES string of the molecule is C=CC1=C(C=C)N2c3ccccc3Oc3c2c(cc2[nH]c4ccc(-c5ccccc5)cc4c32)O1. The molecule has 34 heavy (non-hydrogen) atoms. The number of aromatic amines is 1. The Morgan fingerprint density at radius 2 is 1.56 bits per heavy atom. The molecule has 2 aliphatic heterocycles. The number of para-hydroxylation sites is 2. The molecule has 5 aromatic rings. The highest BCUT2D eigenvalue weighted by Crippen LogP contribution is 2.58. The minimum Gasteiger partial charge on any atom is -0.453 e. The monoisotopic (exact) mass is 440 g/mol. The zero-order valence-corrected chi connectivity index (χ0v) is 18.3. The van der Waals surface area contributed by atoms with E-state index in [1.54, 1.807) is 12.2 Å². The molecule has 4 aromatic carbocycles. The summed E-state index contributed by atoms with van der Waals surface area (Å²) in [5.41, 5.74) is 6.99. The van der Waals surface area contributed by atoms with Crippen molar-refractivity contribution in [3.63, 3.8) is 0 Å². The number of nitrogens with one attached hydrogen (secondary N) is 1. The van der Waals surface area contributed by atoms with Crippen molar-refractivity contribution in [2.45, 2.75) is 0 Å². The minimum atomic E-state index is 0.659. The smallest absolute Gasteiger partial charge is 0.165 e. The van der Waals surface area contributed by atoms with E-state index in [1.165, 1.54) is 5.56 Å². The Morgan fingerprint density at radius 1 is 0.735 bits per heavy atom. The van der Waals surface area contributed by atoms with Crippen LogP contribution in [-0.4, -0.2) is 4.98 Å². The van der Waals surface area contributed by atoms with Gasteiger partial charge in [0, 0.05) is 17.0 Å². The number of ether oxygens (including phenoxy) is 2. The lowest BCUT2D eigenvalue weighted by atomic mass is 10.0. The first-order valence-corrected chi connectivity index (χ1v) is 11.2. The molecule has 1 aromatic heterocycles. The zero-order valence-electron chi connectivity index (χ0n) is 18.3. The lowest BCUT2D eigenvalue weighted by molar-refractivity contribution is 0.417. The quantitative estimate of drug-likeness (QED) is 0.307. The number of aromatic nitrogens is 1. The second-order valence-corrected chi connectivity index (χ2v) is 8.39. The zero-order chi connectivity index (χ0) is 22.8. The van der Waals surface area contributed by atoms with E-state index < -0.39 is 0 Å². The van der Waals surface area contributed by atoms with Crippen LogP contribution in [0.15, 0.2) is 116 Å². The Balaban J connectivity index is 1.57. The topological polar surface area (TPSA) is 37.5 Å². The van der Waals surface area contributed by atoms with Crippen LogP contribution in [0.1, 0.15) is 0 Å². The molecular weight excluding hydrogens is 420 g/mol. The summed E-state index contributed by atoms with van der Waals surface area (Å²) >= 11 is 0. The summed E-state index contributed by atoms with van der Waals surface area (Å²) < 4.78 is 12.9. The van der Waals surface area contributed by atoms with E-state index in [4.69, 9.17) is 9.47 Å². The van der Waals surface area contributed by atoms with Gasteiger partial charge in [-0.2, -0.15) is 0 Å². The summed E-state index contributed by atoms with van der Waals surface area (Å²) in [6.45, 7) is 8.01. The van der Waals surface area contributed by atoms with E-state index in [2.05, 4.69) is 65.5 Å². The van der Waals surface area contributed by atoms with Crippen LogP contribution < -0.4 is 14.4 Å². The van der Waals surface area contributed by atoms with Crippen LogP contribution in [-0.2, 0) is 0 Å². The van der Waals surface area contributed by atoms with E-state index in [9.17, 15) is 0 Å². The predicted octanol–water partition coefficient (Wildman–Crippen LogP) is 8.21. The Kier molecular flexibility index (Phi) is 3.82. The standard InChI is InChI=1S/C30H20N2O2/c1-3-23-25(4-2)33-27-17-22-28(30-29(27)32(23)24-12-8-9-13-26(24)34-30)20-16-19(14-15-21(20)31-22)18-10-6-5-7-11-18/h3-17,31H,1-2H2. The Bertz CT molecular complexity index is 1690. The summed E-state index contributed by atoms with van der Waals surface area (Å²) in [4.78, 5) is 5.72. The maximum Gasteiger partial charge on any atom is 0.165 e. The molecule has 4 heteroatoms. The van der Waals surface area contributed by atoms with E-state index >= 15 is 0 Å². The number of fused-ring (bicyclic) bond motifs is 6. The molecule has 0 aliphatic carbocycles. The molecule has 0 spiro atoms. The molecule has 0 atom stereocenters. The number of benzene rings is 4. The van der Waals surface area contributed by atoms with Crippen LogP contribution in [0.25, 0.3) is 32.9 Å². The van der Waals surface area contributed by atoms with Gasteiger partial charge in [0.2, 0.25) is 0 Å². The number of hydrogen-bond donors (Lipinski definition) is 1. The number of hydrogen-bond acceptors (Lipinski definition) is 3. The molecular formula is C30H20N2O2. The van der Waals surface area contributed by atoms with Gasteiger partial charge >= 0.3 is 0 Å². The maximum atomic E-state index is 6.59. The van der Waals surface area contributed by atoms with Gasteiger partial charge in [-0.1, -0.05) is 61.7 Å². The van der Waals surface area contributed by atoms with Crippen molar-refractivity contribution in [2.75, 3.05) is 4.90 Å². The van der Waals surface area contributed by atoms with Gasteiger partial charge in [0.05, 0.1) is 22.3 Å². The fourth-order valence-electron chi connectivity index (χ4n) is 5.02. The van der Waals surface area contributed by atoms with Gasteiger partial charge in [-0.05, 0) is 47.5 Å². The first-order chi connectivity index (χ1) is 16.8. The molecule has 0 radical (unpaired) electrons. The van der Waals surface area contributed by atoms with Crippen molar-refractivity contribution in [1.82, 2.24) is 4.98 Å². The Labute approximate surface area is 196 Å². The molecule has 0 fully saturated rings. The van der Waals surface area contributed by atoms with Crippen LogP contribution in [0.3, 0.4) is 0 Å². The third kappa shape index (κ3) is 2.48. The molecule has 162 valence electrons.